The smallest absolute Gasteiger partial charge is 0.223 e. The van der Waals surface area contributed by atoms with Gasteiger partial charge in [0.05, 0.1) is 12.7 Å². The molecule has 0 saturated carbocycles. The molecule has 2 unspecified atom stereocenters. The summed E-state index contributed by atoms with van der Waals surface area (Å²) in [6.07, 6.45) is 5.17. The van der Waals surface area contributed by atoms with Gasteiger partial charge < -0.3 is 15.2 Å². The minimum Gasteiger partial charge on any atom is -0.481 e. The van der Waals surface area contributed by atoms with Crippen molar-refractivity contribution in [1.82, 2.24) is 9.97 Å². The van der Waals surface area contributed by atoms with Crippen molar-refractivity contribution >= 4 is 22.6 Å². The number of alkyl halides is 1. The Morgan fingerprint density at radius 2 is 2.11 bits per heavy atom. The number of nitrogens with two attached hydrogens (primary N) is 1. The lowest BCUT2D eigenvalue weighted by molar-refractivity contribution is 0.211. The number of nitrogens with zero attached hydrogens (tertiary/aromatic N) is 2. The van der Waals surface area contributed by atoms with Crippen LogP contribution in [0.4, 0.5) is 0 Å². The molecule has 5 nitrogen and oxygen atoms in total. The number of hydrogen-bond donors (Lipinski definition) is 1. The van der Waals surface area contributed by atoms with Crippen molar-refractivity contribution < 1.29 is 9.47 Å². The molecule has 1 aromatic rings. The van der Waals surface area contributed by atoms with Gasteiger partial charge in [-0.3, -0.25) is 0 Å². The van der Waals surface area contributed by atoms with Gasteiger partial charge in [-0.25, -0.2) is 9.97 Å². The molecule has 1 aromatic heterocycles. The average Bonchev–Trinajstić information content (AvgIpc) is 2.36. The molecule has 0 fully saturated rings. The Bertz CT molecular complexity index is 410. The van der Waals surface area contributed by atoms with Crippen LogP contribution in [0.5, 0.6) is 11.8 Å². The molecular weight excluding hydrogens is 345 g/mol. The quantitative estimate of drug-likeness (QED) is 0.475. The van der Waals surface area contributed by atoms with E-state index in [0.717, 1.165) is 9.99 Å². The van der Waals surface area contributed by atoms with Crippen LogP contribution >= 0.6 is 22.6 Å². The van der Waals surface area contributed by atoms with Crippen LogP contribution in [-0.2, 0) is 0 Å². The average molecular weight is 363 g/mol. The zero-order chi connectivity index (χ0) is 13.5. The first-order chi connectivity index (χ1) is 8.60. The van der Waals surface area contributed by atoms with Crippen LogP contribution in [0.15, 0.2) is 18.5 Å². The number of aromatic nitrogens is 2. The first-order valence-corrected chi connectivity index (χ1v) is 7.13. The molecule has 0 aliphatic carbocycles. The Labute approximate surface area is 121 Å². The summed E-state index contributed by atoms with van der Waals surface area (Å²) in [5, 5.41) is 0. The van der Waals surface area contributed by atoms with Crippen molar-refractivity contribution in [3.8, 4) is 11.8 Å². The second-order valence-electron chi connectivity index (χ2n) is 3.84. The summed E-state index contributed by atoms with van der Waals surface area (Å²) in [6, 6.07) is -0.121. The molecule has 0 radical (unpaired) electrons. The van der Waals surface area contributed by atoms with E-state index in [1.54, 1.807) is 7.11 Å². The van der Waals surface area contributed by atoms with Gasteiger partial charge in [-0.1, -0.05) is 28.7 Å². The minimum atomic E-state index is -0.210. The summed E-state index contributed by atoms with van der Waals surface area (Å²) in [7, 11) is 1.57. The van der Waals surface area contributed by atoms with Gasteiger partial charge in [0.15, 0.2) is 0 Å². The van der Waals surface area contributed by atoms with Gasteiger partial charge in [-0.2, -0.15) is 0 Å². The third-order valence-electron chi connectivity index (χ3n) is 2.37. The maximum atomic E-state index is 5.89. The van der Waals surface area contributed by atoms with E-state index in [4.69, 9.17) is 15.2 Å². The first-order valence-electron chi connectivity index (χ1n) is 5.60. The number of allylic oxidation sites excluding steroid dienone is 1. The van der Waals surface area contributed by atoms with Crippen LogP contribution in [0.25, 0.3) is 0 Å². The Hall–Kier alpha value is -0.890. The summed E-state index contributed by atoms with van der Waals surface area (Å²) < 4.78 is 11.8. The monoisotopic (exact) mass is 363 g/mol. The zero-order valence-corrected chi connectivity index (χ0v) is 12.9. The topological polar surface area (TPSA) is 70.3 Å². The van der Waals surface area contributed by atoms with E-state index in [1.165, 1.54) is 6.33 Å². The van der Waals surface area contributed by atoms with E-state index in [-0.39, 0.29) is 12.1 Å². The predicted molar refractivity (Wildman–Crippen MR) is 79.4 cm³/mol. The highest BCUT2D eigenvalue weighted by Gasteiger charge is 2.16. The fourth-order valence-electron chi connectivity index (χ4n) is 1.38. The van der Waals surface area contributed by atoms with Crippen LogP contribution in [-0.4, -0.2) is 33.7 Å². The summed E-state index contributed by atoms with van der Waals surface area (Å²) in [5.41, 5.74) is 6.66. The van der Waals surface area contributed by atoms with Crippen molar-refractivity contribution in [2.24, 2.45) is 5.73 Å². The number of ether oxygens (including phenoxy) is 2. The number of halogens is 1. The second kappa shape index (κ2) is 7.52. The summed E-state index contributed by atoms with van der Waals surface area (Å²) in [6.45, 7) is 3.75. The van der Waals surface area contributed by atoms with E-state index in [9.17, 15) is 0 Å². The number of rotatable bonds is 6. The van der Waals surface area contributed by atoms with E-state index >= 15 is 0 Å². The van der Waals surface area contributed by atoms with Crippen molar-refractivity contribution in [3.05, 3.63) is 24.0 Å². The molecule has 0 aromatic carbocycles. The first kappa shape index (κ1) is 15.2. The molecular formula is C12H18IN3O2. The molecule has 1 heterocycles. The normalized spacial score (nSPS) is 14.5. The van der Waals surface area contributed by atoms with Crippen LogP contribution in [0.1, 0.15) is 12.5 Å². The van der Waals surface area contributed by atoms with Gasteiger partial charge in [-0.15, -0.1) is 0 Å². The van der Waals surface area contributed by atoms with E-state index in [1.807, 2.05) is 26.0 Å². The molecule has 0 spiro atoms. The van der Waals surface area contributed by atoms with Crippen molar-refractivity contribution in [1.29, 1.82) is 0 Å². The van der Waals surface area contributed by atoms with Crippen molar-refractivity contribution in [2.45, 2.75) is 26.0 Å². The molecule has 2 atom stereocenters. The molecule has 0 saturated heterocycles. The van der Waals surface area contributed by atoms with Crippen LogP contribution in [0.3, 0.4) is 0 Å². The molecule has 0 aliphatic heterocycles. The number of hydrogen-bond acceptors (Lipinski definition) is 5. The maximum Gasteiger partial charge on any atom is 0.223 e. The fourth-order valence-corrected chi connectivity index (χ4v) is 1.67. The van der Waals surface area contributed by atoms with Gasteiger partial charge in [0.25, 0.3) is 0 Å². The van der Waals surface area contributed by atoms with Gasteiger partial charge in [0.2, 0.25) is 11.8 Å². The molecule has 0 amide bonds. The molecule has 18 heavy (non-hydrogen) atoms. The van der Waals surface area contributed by atoms with Gasteiger partial charge in [0, 0.05) is 10.5 Å². The largest absolute Gasteiger partial charge is 0.481 e. The van der Waals surface area contributed by atoms with Crippen molar-refractivity contribution in [2.75, 3.05) is 11.5 Å². The van der Waals surface area contributed by atoms with Crippen LogP contribution < -0.4 is 15.2 Å². The molecule has 0 aliphatic rings. The Balaban J connectivity index is 2.90. The minimum absolute atomic E-state index is 0.121. The lowest BCUT2D eigenvalue weighted by Gasteiger charge is -2.19. The molecule has 100 valence electrons. The Morgan fingerprint density at radius 1 is 1.44 bits per heavy atom. The maximum absolute atomic E-state index is 5.89. The van der Waals surface area contributed by atoms with E-state index in [2.05, 4.69) is 32.6 Å². The van der Waals surface area contributed by atoms with Crippen LogP contribution in [0, 0.1) is 6.92 Å². The highest BCUT2D eigenvalue weighted by Crippen LogP contribution is 2.23. The second-order valence-corrected chi connectivity index (χ2v) is 4.72. The lowest BCUT2D eigenvalue weighted by atomic mass is 10.2. The molecule has 1 rings (SSSR count). The van der Waals surface area contributed by atoms with Gasteiger partial charge in [0.1, 0.15) is 12.4 Å². The van der Waals surface area contributed by atoms with Crippen LogP contribution in [0.2, 0.25) is 0 Å². The van der Waals surface area contributed by atoms with Gasteiger partial charge >= 0.3 is 0 Å². The Kier molecular flexibility index (Phi) is 6.34. The van der Waals surface area contributed by atoms with E-state index in [0.29, 0.717) is 11.8 Å². The summed E-state index contributed by atoms with van der Waals surface area (Å²) >= 11 is 2.26. The number of methoxy groups -OCH3 is 1. The molecule has 2 N–H and O–H groups in total. The Morgan fingerprint density at radius 3 is 2.67 bits per heavy atom. The highest BCUT2D eigenvalue weighted by molar-refractivity contribution is 14.1. The van der Waals surface area contributed by atoms with Gasteiger partial charge in [-0.05, 0) is 19.9 Å². The lowest BCUT2D eigenvalue weighted by Crippen LogP contribution is -2.35. The zero-order valence-electron chi connectivity index (χ0n) is 10.8. The highest BCUT2D eigenvalue weighted by atomic mass is 127. The van der Waals surface area contributed by atoms with Crippen molar-refractivity contribution in [3.63, 3.8) is 0 Å². The predicted octanol–water partition coefficient (Wildman–Crippen LogP) is 1.88. The fraction of sp³-hybridized carbons (Fsp3) is 0.500. The summed E-state index contributed by atoms with van der Waals surface area (Å²) in [5.74, 6) is 1.02. The SMILES string of the molecule is COc1ncnc(OC(/C=C\CI)C(C)N)c1C. The standard InChI is InChI=1S/C12H18IN3O2/c1-8-11(17-3)15-7-16-12(8)18-10(9(2)14)5-4-6-13/h4-5,7,9-10H,6,14H2,1-3H3/b5-4-. The third-order valence-corrected chi connectivity index (χ3v) is 2.87. The van der Waals surface area contributed by atoms with E-state index < -0.39 is 0 Å². The molecule has 6 heteroatoms. The molecule has 0 bridgehead atoms. The summed E-state index contributed by atoms with van der Waals surface area (Å²) in [4.78, 5) is 8.12. The third kappa shape index (κ3) is 4.09.